The van der Waals surface area contributed by atoms with Gasteiger partial charge in [0, 0.05) is 0 Å². The summed E-state index contributed by atoms with van der Waals surface area (Å²) in [5, 5.41) is 3.16. The van der Waals surface area contributed by atoms with Crippen LogP contribution in [0, 0.1) is 0 Å². The fourth-order valence-corrected chi connectivity index (χ4v) is 1.23. The molecule has 0 aromatic rings. The summed E-state index contributed by atoms with van der Waals surface area (Å²) in [6.07, 6.45) is 14.5. The fourth-order valence-electron chi connectivity index (χ4n) is 1.23. The molecule has 0 saturated carbocycles. The van der Waals surface area contributed by atoms with E-state index in [2.05, 4.69) is 35.7 Å². The lowest BCUT2D eigenvalue weighted by molar-refractivity contribution is 0.792. The number of hydrogen-bond donors (Lipinski definition) is 1. The van der Waals surface area contributed by atoms with Crippen molar-refractivity contribution >= 4 is 0 Å². The predicted octanol–water partition coefficient (Wildman–Crippen LogP) is 2.43. The number of hydrogen-bond acceptors (Lipinski definition) is 1. The van der Waals surface area contributed by atoms with Crippen LogP contribution in [-0.4, -0.2) is 13.6 Å². The zero-order chi connectivity index (χ0) is 8.65. The van der Waals surface area contributed by atoms with Crippen LogP contribution in [0.15, 0.2) is 36.0 Å². The Kier molecular flexibility index (Phi) is 4.47. The van der Waals surface area contributed by atoms with Gasteiger partial charge in [-0.05, 0) is 32.9 Å². The lowest BCUT2D eigenvalue weighted by Crippen LogP contribution is -2.07. The molecule has 0 amide bonds. The third-order valence-corrected chi connectivity index (χ3v) is 1.95. The largest absolute Gasteiger partial charge is 0.319 e. The maximum atomic E-state index is 3.16. The molecule has 1 N–H and O–H groups in total. The van der Waals surface area contributed by atoms with Gasteiger partial charge in [-0.25, -0.2) is 0 Å². The highest BCUT2D eigenvalue weighted by Gasteiger charge is 1.91. The van der Waals surface area contributed by atoms with Crippen LogP contribution in [0.1, 0.15) is 19.3 Å². The van der Waals surface area contributed by atoms with Gasteiger partial charge in [0.1, 0.15) is 0 Å². The molecule has 1 rings (SSSR count). The topological polar surface area (TPSA) is 12.0 Å². The van der Waals surface area contributed by atoms with Gasteiger partial charge >= 0.3 is 0 Å². The summed E-state index contributed by atoms with van der Waals surface area (Å²) in [5.74, 6) is 0. The Morgan fingerprint density at radius 2 is 2.08 bits per heavy atom. The van der Waals surface area contributed by atoms with E-state index in [4.69, 9.17) is 0 Å². The lowest BCUT2D eigenvalue weighted by atomic mass is 10.1. The van der Waals surface area contributed by atoms with E-state index >= 15 is 0 Å². The van der Waals surface area contributed by atoms with Crippen LogP contribution < -0.4 is 5.32 Å². The molecule has 1 aliphatic carbocycles. The predicted molar refractivity (Wildman–Crippen MR) is 54.1 cm³/mol. The lowest BCUT2D eigenvalue weighted by Gasteiger charge is -2.02. The Morgan fingerprint density at radius 3 is 2.92 bits per heavy atom. The van der Waals surface area contributed by atoms with Crippen LogP contribution in [0.2, 0.25) is 0 Å². The second-order valence-electron chi connectivity index (χ2n) is 2.98. The number of rotatable bonds is 3. The SMILES string of the molecule is CNCCC1=CC/C=C\CC=C1. The monoisotopic (exact) mass is 163 g/mol. The van der Waals surface area contributed by atoms with Gasteiger partial charge in [0.25, 0.3) is 0 Å². The molecular weight excluding hydrogens is 146 g/mol. The first kappa shape index (κ1) is 9.27. The van der Waals surface area contributed by atoms with Crippen molar-refractivity contribution in [3.8, 4) is 0 Å². The number of nitrogens with one attached hydrogen (secondary N) is 1. The van der Waals surface area contributed by atoms with Crippen molar-refractivity contribution in [3.63, 3.8) is 0 Å². The smallest absolute Gasteiger partial charge is 0.00115 e. The van der Waals surface area contributed by atoms with E-state index in [0.717, 1.165) is 25.8 Å². The second kappa shape index (κ2) is 5.78. The van der Waals surface area contributed by atoms with Crippen LogP contribution >= 0.6 is 0 Å². The van der Waals surface area contributed by atoms with Gasteiger partial charge in [-0.3, -0.25) is 0 Å². The Bertz CT molecular complexity index is 199. The van der Waals surface area contributed by atoms with Crippen molar-refractivity contribution in [2.75, 3.05) is 13.6 Å². The van der Waals surface area contributed by atoms with Gasteiger partial charge in [0.05, 0.1) is 0 Å². The Hall–Kier alpha value is -0.820. The van der Waals surface area contributed by atoms with Crippen LogP contribution in [-0.2, 0) is 0 Å². The van der Waals surface area contributed by atoms with E-state index in [1.54, 1.807) is 0 Å². The van der Waals surface area contributed by atoms with Crippen molar-refractivity contribution < 1.29 is 0 Å². The van der Waals surface area contributed by atoms with Crippen molar-refractivity contribution in [1.29, 1.82) is 0 Å². The standard InChI is InChI=1S/C11H17N/c1-12-10-9-11-7-5-3-2-4-6-8-11/h2-3,6-8,12H,4-5,9-10H2,1H3/b3-2-,8-6?,11-7?. The molecule has 0 heterocycles. The van der Waals surface area contributed by atoms with Crippen molar-refractivity contribution in [2.24, 2.45) is 0 Å². The van der Waals surface area contributed by atoms with E-state index in [1.165, 1.54) is 5.57 Å². The maximum absolute atomic E-state index is 3.16. The molecule has 12 heavy (non-hydrogen) atoms. The molecule has 0 spiro atoms. The zero-order valence-corrected chi connectivity index (χ0v) is 7.72. The summed E-state index contributed by atoms with van der Waals surface area (Å²) in [5.41, 5.74) is 1.45. The van der Waals surface area contributed by atoms with Crippen LogP contribution in [0.5, 0.6) is 0 Å². The summed E-state index contributed by atoms with van der Waals surface area (Å²) >= 11 is 0. The first-order valence-electron chi connectivity index (χ1n) is 4.58. The number of allylic oxidation sites excluding steroid dienone is 5. The average Bonchev–Trinajstić information content (AvgIpc) is 2.02. The fraction of sp³-hybridized carbons (Fsp3) is 0.455. The van der Waals surface area contributed by atoms with Gasteiger partial charge in [0.15, 0.2) is 0 Å². The summed E-state index contributed by atoms with van der Waals surface area (Å²) in [7, 11) is 1.99. The molecule has 0 bridgehead atoms. The Labute approximate surface area is 74.9 Å². The third kappa shape index (κ3) is 3.54. The van der Waals surface area contributed by atoms with Crippen LogP contribution in [0.25, 0.3) is 0 Å². The average molecular weight is 163 g/mol. The molecule has 0 aromatic heterocycles. The minimum atomic E-state index is 1.07. The zero-order valence-electron chi connectivity index (χ0n) is 7.72. The second-order valence-corrected chi connectivity index (χ2v) is 2.98. The maximum Gasteiger partial charge on any atom is -0.00115 e. The van der Waals surface area contributed by atoms with Crippen LogP contribution in [0.3, 0.4) is 0 Å². The van der Waals surface area contributed by atoms with E-state index in [9.17, 15) is 0 Å². The molecule has 0 atom stereocenters. The summed E-state index contributed by atoms with van der Waals surface area (Å²) in [4.78, 5) is 0. The molecule has 0 fully saturated rings. The van der Waals surface area contributed by atoms with Crippen LogP contribution in [0.4, 0.5) is 0 Å². The van der Waals surface area contributed by atoms with E-state index < -0.39 is 0 Å². The van der Waals surface area contributed by atoms with Gasteiger partial charge in [0.2, 0.25) is 0 Å². The van der Waals surface area contributed by atoms with Gasteiger partial charge in [-0.2, -0.15) is 0 Å². The van der Waals surface area contributed by atoms with E-state index in [-0.39, 0.29) is 0 Å². The van der Waals surface area contributed by atoms with Gasteiger partial charge in [-0.15, -0.1) is 0 Å². The molecule has 66 valence electrons. The molecular formula is C11H17N. The molecule has 0 aromatic carbocycles. The molecule has 1 heteroatoms. The van der Waals surface area contributed by atoms with Crippen molar-refractivity contribution in [1.82, 2.24) is 5.32 Å². The highest BCUT2D eigenvalue weighted by atomic mass is 14.8. The minimum absolute atomic E-state index is 1.07. The molecule has 1 aliphatic rings. The van der Waals surface area contributed by atoms with Gasteiger partial charge < -0.3 is 5.32 Å². The molecule has 0 unspecified atom stereocenters. The highest BCUT2D eigenvalue weighted by Crippen LogP contribution is 2.08. The van der Waals surface area contributed by atoms with E-state index in [1.807, 2.05) is 7.05 Å². The van der Waals surface area contributed by atoms with E-state index in [0.29, 0.717) is 0 Å². The summed E-state index contributed by atoms with van der Waals surface area (Å²) < 4.78 is 0. The molecule has 0 saturated heterocycles. The van der Waals surface area contributed by atoms with Gasteiger partial charge in [-0.1, -0.05) is 36.0 Å². The normalized spacial score (nSPS) is 19.6. The quantitative estimate of drug-likeness (QED) is 0.630. The minimum Gasteiger partial charge on any atom is -0.319 e. The Morgan fingerprint density at radius 1 is 1.25 bits per heavy atom. The molecule has 0 aliphatic heterocycles. The summed E-state index contributed by atoms with van der Waals surface area (Å²) in [6, 6.07) is 0. The first-order valence-corrected chi connectivity index (χ1v) is 4.58. The Balaban J connectivity index is 2.44. The molecule has 0 radical (unpaired) electrons. The summed E-state index contributed by atoms with van der Waals surface area (Å²) in [6.45, 7) is 1.07. The highest BCUT2D eigenvalue weighted by molar-refractivity contribution is 5.22. The first-order chi connectivity index (χ1) is 5.93. The third-order valence-electron chi connectivity index (χ3n) is 1.95. The molecule has 1 nitrogen and oxygen atoms in total. The van der Waals surface area contributed by atoms with Crippen molar-refractivity contribution in [2.45, 2.75) is 19.3 Å². The van der Waals surface area contributed by atoms with Crippen molar-refractivity contribution in [3.05, 3.63) is 36.0 Å².